The molecule has 31 heavy (non-hydrogen) atoms. The van der Waals surface area contributed by atoms with Crippen molar-refractivity contribution in [1.82, 2.24) is 0 Å². The van der Waals surface area contributed by atoms with Crippen molar-refractivity contribution in [3.05, 3.63) is 90.0 Å². The van der Waals surface area contributed by atoms with Gasteiger partial charge in [0.05, 0.1) is 11.5 Å². The maximum Gasteiger partial charge on any atom is 0.261 e. The Morgan fingerprint density at radius 3 is 2.13 bits per heavy atom. The normalized spacial score (nSPS) is 11.3. The lowest BCUT2D eigenvalue weighted by Crippen LogP contribution is -2.13. The Labute approximate surface area is 182 Å². The van der Waals surface area contributed by atoms with Crippen LogP contribution in [0.1, 0.15) is 18.1 Å². The highest BCUT2D eigenvalue weighted by atomic mass is 32.2. The van der Waals surface area contributed by atoms with Gasteiger partial charge in [-0.05, 0) is 74.0 Å². The van der Waals surface area contributed by atoms with Crippen LogP contribution in [0.15, 0.2) is 83.8 Å². The molecular weight excluding hydrogens is 412 g/mol. The van der Waals surface area contributed by atoms with E-state index in [-0.39, 0.29) is 10.8 Å². The fraction of sp³-hybridized carbons (Fsp3) is 0.125. The minimum Gasteiger partial charge on any atom is -0.494 e. The quantitative estimate of drug-likeness (QED) is 0.495. The third kappa shape index (κ3) is 6.45. The van der Waals surface area contributed by atoms with Crippen LogP contribution < -0.4 is 14.8 Å². The highest BCUT2D eigenvalue weighted by molar-refractivity contribution is 7.92. The first-order valence-electron chi connectivity index (χ1n) is 9.77. The van der Waals surface area contributed by atoms with E-state index in [4.69, 9.17) is 4.74 Å². The zero-order chi connectivity index (χ0) is 22.3. The summed E-state index contributed by atoms with van der Waals surface area (Å²) in [4.78, 5) is 12.2. The fourth-order valence-electron chi connectivity index (χ4n) is 2.75. The first-order chi connectivity index (χ1) is 14.9. The van der Waals surface area contributed by atoms with Gasteiger partial charge < -0.3 is 10.1 Å². The largest absolute Gasteiger partial charge is 0.494 e. The number of aryl methyl sites for hydroxylation is 1. The molecule has 0 aromatic heterocycles. The van der Waals surface area contributed by atoms with E-state index in [9.17, 15) is 13.2 Å². The predicted octanol–water partition coefficient (Wildman–Crippen LogP) is 4.85. The average Bonchev–Trinajstić information content (AvgIpc) is 2.75. The lowest BCUT2D eigenvalue weighted by atomic mass is 10.1. The van der Waals surface area contributed by atoms with Crippen LogP contribution in [0.3, 0.4) is 0 Å². The van der Waals surface area contributed by atoms with Crippen LogP contribution in [0.5, 0.6) is 5.75 Å². The SMILES string of the molecule is CCOc1ccc(NS(=O)(=O)c2ccc(NC(=O)/C=C/c3ccc(C)cc3)cc2)cc1. The Morgan fingerprint density at radius 1 is 0.903 bits per heavy atom. The number of rotatable bonds is 8. The summed E-state index contributed by atoms with van der Waals surface area (Å²) in [5, 5.41) is 2.72. The first-order valence-corrected chi connectivity index (χ1v) is 11.3. The van der Waals surface area contributed by atoms with Crippen LogP contribution in [-0.4, -0.2) is 20.9 Å². The van der Waals surface area contributed by atoms with Crippen molar-refractivity contribution in [3.8, 4) is 5.75 Å². The molecule has 160 valence electrons. The summed E-state index contributed by atoms with van der Waals surface area (Å²) in [7, 11) is -3.75. The second-order valence-electron chi connectivity index (χ2n) is 6.82. The van der Waals surface area contributed by atoms with Gasteiger partial charge in [-0.3, -0.25) is 9.52 Å². The van der Waals surface area contributed by atoms with Crippen molar-refractivity contribution in [2.45, 2.75) is 18.7 Å². The van der Waals surface area contributed by atoms with Gasteiger partial charge in [0.2, 0.25) is 5.91 Å². The molecule has 7 heteroatoms. The fourth-order valence-corrected chi connectivity index (χ4v) is 3.81. The monoisotopic (exact) mass is 436 g/mol. The molecule has 0 bridgehead atoms. The van der Waals surface area contributed by atoms with E-state index in [1.54, 1.807) is 42.5 Å². The number of benzene rings is 3. The van der Waals surface area contributed by atoms with Crippen LogP contribution >= 0.6 is 0 Å². The second kappa shape index (κ2) is 9.95. The lowest BCUT2D eigenvalue weighted by Gasteiger charge is -2.10. The summed E-state index contributed by atoms with van der Waals surface area (Å²) in [6.45, 7) is 4.41. The van der Waals surface area contributed by atoms with Crippen LogP contribution in [0, 0.1) is 6.92 Å². The molecule has 6 nitrogen and oxygen atoms in total. The van der Waals surface area contributed by atoms with Crippen LogP contribution in [-0.2, 0) is 14.8 Å². The lowest BCUT2D eigenvalue weighted by molar-refractivity contribution is -0.111. The summed E-state index contributed by atoms with van der Waals surface area (Å²) >= 11 is 0. The van der Waals surface area contributed by atoms with Crippen molar-refractivity contribution in [2.24, 2.45) is 0 Å². The Kier molecular flexibility index (Phi) is 7.10. The zero-order valence-electron chi connectivity index (χ0n) is 17.3. The molecule has 0 fully saturated rings. The van der Waals surface area contributed by atoms with E-state index in [0.717, 1.165) is 11.1 Å². The molecule has 0 heterocycles. The summed E-state index contributed by atoms with van der Waals surface area (Å²) in [6.07, 6.45) is 3.15. The number of anilines is 2. The molecule has 0 spiro atoms. The number of sulfonamides is 1. The summed E-state index contributed by atoms with van der Waals surface area (Å²) in [6, 6.07) is 20.4. The summed E-state index contributed by atoms with van der Waals surface area (Å²) < 4.78 is 33.1. The molecule has 2 N–H and O–H groups in total. The van der Waals surface area contributed by atoms with Crippen molar-refractivity contribution >= 4 is 33.4 Å². The number of carbonyl (C=O) groups is 1. The van der Waals surface area contributed by atoms with E-state index in [2.05, 4.69) is 10.0 Å². The zero-order valence-corrected chi connectivity index (χ0v) is 18.1. The highest BCUT2D eigenvalue weighted by Crippen LogP contribution is 2.21. The van der Waals surface area contributed by atoms with Crippen molar-refractivity contribution in [1.29, 1.82) is 0 Å². The average molecular weight is 437 g/mol. The van der Waals surface area contributed by atoms with Gasteiger partial charge in [0.15, 0.2) is 0 Å². The first kappa shape index (κ1) is 22.1. The van der Waals surface area contributed by atoms with Gasteiger partial charge in [-0.25, -0.2) is 8.42 Å². The molecule has 0 saturated heterocycles. The summed E-state index contributed by atoms with van der Waals surface area (Å²) in [5.41, 5.74) is 3.00. The van der Waals surface area contributed by atoms with Crippen molar-refractivity contribution in [2.75, 3.05) is 16.6 Å². The topological polar surface area (TPSA) is 84.5 Å². The van der Waals surface area contributed by atoms with E-state index < -0.39 is 10.0 Å². The smallest absolute Gasteiger partial charge is 0.261 e. The Balaban J connectivity index is 1.61. The molecule has 3 rings (SSSR count). The minimum absolute atomic E-state index is 0.0922. The van der Waals surface area contributed by atoms with E-state index in [1.165, 1.54) is 18.2 Å². The predicted molar refractivity (Wildman–Crippen MR) is 124 cm³/mol. The van der Waals surface area contributed by atoms with E-state index >= 15 is 0 Å². The number of carbonyl (C=O) groups excluding carboxylic acids is 1. The van der Waals surface area contributed by atoms with E-state index in [0.29, 0.717) is 23.7 Å². The number of hydrogen-bond donors (Lipinski definition) is 2. The van der Waals surface area contributed by atoms with Gasteiger partial charge in [-0.15, -0.1) is 0 Å². The van der Waals surface area contributed by atoms with Crippen LogP contribution in [0.4, 0.5) is 11.4 Å². The molecule has 0 aliphatic heterocycles. The number of ether oxygens (including phenoxy) is 1. The number of hydrogen-bond acceptors (Lipinski definition) is 4. The van der Waals surface area contributed by atoms with Crippen LogP contribution in [0.2, 0.25) is 0 Å². The van der Waals surface area contributed by atoms with E-state index in [1.807, 2.05) is 38.1 Å². The molecule has 0 atom stereocenters. The van der Waals surface area contributed by atoms with Crippen molar-refractivity contribution in [3.63, 3.8) is 0 Å². The molecule has 0 radical (unpaired) electrons. The maximum atomic E-state index is 12.6. The van der Waals surface area contributed by atoms with Crippen molar-refractivity contribution < 1.29 is 17.9 Å². The van der Waals surface area contributed by atoms with Gasteiger partial charge in [-0.2, -0.15) is 0 Å². The third-order valence-electron chi connectivity index (χ3n) is 4.35. The minimum atomic E-state index is -3.75. The van der Waals surface area contributed by atoms with Gasteiger partial charge in [0, 0.05) is 17.5 Å². The molecule has 0 saturated carbocycles. The molecule has 1 amide bonds. The molecule has 3 aromatic rings. The number of nitrogens with one attached hydrogen (secondary N) is 2. The van der Waals surface area contributed by atoms with Gasteiger partial charge >= 0.3 is 0 Å². The highest BCUT2D eigenvalue weighted by Gasteiger charge is 2.14. The molecule has 0 aliphatic carbocycles. The van der Waals surface area contributed by atoms with Gasteiger partial charge in [0.1, 0.15) is 5.75 Å². The summed E-state index contributed by atoms with van der Waals surface area (Å²) in [5.74, 6) is 0.366. The maximum absolute atomic E-state index is 12.6. The Hall–Kier alpha value is -3.58. The second-order valence-corrected chi connectivity index (χ2v) is 8.50. The molecule has 3 aromatic carbocycles. The number of amides is 1. The van der Waals surface area contributed by atoms with Gasteiger partial charge in [0.25, 0.3) is 10.0 Å². The Morgan fingerprint density at radius 2 is 1.52 bits per heavy atom. The Bertz CT molecular complexity index is 1150. The molecule has 0 unspecified atom stereocenters. The van der Waals surface area contributed by atoms with Crippen LogP contribution in [0.25, 0.3) is 6.08 Å². The third-order valence-corrected chi connectivity index (χ3v) is 5.75. The molecular formula is C24H24N2O4S. The van der Waals surface area contributed by atoms with Gasteiger partial charge in [-0.1, -0.05) is 29.8 Å². The molecule has 0 aliphatic rings. The standard InChI is InChI=1S/C24H24N2O4S/c1-3-30-22-13-9-21(10-14-22)26-31(28,29)23-15-11-20(12-16-23)25-24(27)17-8-19-6-4-18(2)5-7-19/h4-17,26H,3H2,1-2H3,(H,25,27)/b17-8+.